The highest BCUT2D eigenvalue weighted by Gasteiger charge is 2.34. The molecular weight excluding hydrogens is 261 g/mol. The maximum atomic E-state index is 13.3. The Balaban J connectivity index is 1.90. The van der Waals surface area contributed by atoms with Gasteiger partial charge in [-0.25, -0.2) is 4.39 Å². The molecule has 0 amide bonds. The van der Waals surface area contributed by atoms with Crippen LogP contribution in [0.3, 0.4) is 0 Å². The number of carbonyl (C=O) groups is 2. The van der Waals surface area contributed by atoms with E-state index < -0.39 is 11.9 Å². The Kier molecular flexibility index (Phi) is 3.04. The third kappa shape index (κ3) is 2.09. The van der Waals surface area contributed by atoms with Gasteiger partial charge in [-0.05, 0) is 37.5 Å². The Morgan fingerprint density at radius 2 is 2.00 bits per heavy atom. The van der Waals surface area contributed by atoms with Gasteiger partial charge in [0.15, 0.2) is 5.78 Å². The first-order valence-corrected chi connectivity index (χ1v) is 6.60. The summed E-state index contributed by atoms with van der Waals surface area (Å²) >= 11 is 0. The van der Waals surface area contributed by atoms with Crippen LogP contribution < -0.4 is 0 Å². The summed E-state index contributed by atoms with van der Waals surface area (Å²) in [4.78, 5) is 26.4. The van der Waals surface area contributed by atoms with Crippen molar-refractivity contribution in [3.05, 3.63) is 35.8 Å². The Morgan fingerprint density at radius 1 is 1.25 bits per heavy atom. The zero-order valence-corrected chi connectivity index (χ0v) is 10.7. The smallest absolute Gasteiger partial charge is 0.306 e. The molecule has 1 saturated carbocycles. The molecule has 2 aromatic rings. The van der Waals surface area contributed by atoms with Gasteiger partial charge >= 0.3 is 5.97 Å². The molecule has 2 atom stereocenters. The molecule has 1 aromatic carbocycles. The summed E-state index contributed by atoms with van der Waals surface area (Å²) < 4.78 is 13.3. The second kappa shape index (κ2) is 4.74. The van der Waals surface area contributed by atoms with Gasteiger partial charge in [0.05, 0.1) is 5.92 Å². The van der Waals surface area contributed by atoms with E-state index in [1.165, 1.54) is 12.1 Å². The summed E-state index contributed by atoms with van der Waals surface area (Å²) in [6, 6.07) is 4.27. The molecule has 1 aliphatic carbocycles. The second-order valence-corrected chi connectivity index (χ2v) is 5.30. The number of hydrogen-bond donors (Lipinski definition) is 2. The molecule has 1 aromatic heterocycles. The molecule has 0 aliphatic heterocycles. The van der Waals surface area contributed by atoms with Crippen LogP contribution in [0.5, 0.6) is 0 Å². The number of ketones is 1. The van der Waals surface area contributed by atoms with Crippen LogP contribution >= 0.6 is 0 Å². The van der Waals surface area contributed by atoms with E-state index in [4.69, 9.17) is 5.11 Å². The summed E-state index contributed by atoms with van der Waals surface area (Å²) in [5.74, 6) is -2.04. The Bertz CT molecular complexity index is 691. The number of aromatic amines is 1. The van der Waals surface area contributed by atoms with Gasteiger partial charge in [0, 0.05) is 28.6 Å². The number of rotatable bonds is 3. The van der Waals surface area contributed by atoms with Crippen molar-refractivity contribution in [2.45, 2.75) is 19.3 Å². The van der Waals surface area contributed by atoms with Gasteiger partial charge in [-0.3, -0.25) is 9.59 Å². The molecule has 4 nitrogen and oxygen atoms in total. The Morgan fingerprint density at radius 3 is 2.70 bits per heavy atom. The van der Waals surface area contributed by atoms with E-state index in [1.807, 2.05) is 0 Å². The van der Waals surface area contributed by atoms with E-state index in [2.05, 4.69) is 4.98 Å². The van der Waals surface area contributed by atoms with Crippen molar-refractivity contribution >= 4 is 22.7 Å². The minimum atomic E-state index is -0.842. The minimum absolute atomic E-state index is 0.0920. The predicted molar refractivity (Wildman–Crippen MR) is 71.1 cm³/mol. The Hall–Kier alpha value is -2.17. The third-order valence-corrected chi connectivity index (χ3v) is 4.06. The first-order valence-electron chi connectivity index (χ1n) is 6.60. The van der Waals surface area contributed by atoms with E-state index in [0.29, 0.717) is 35.7 Å². The lowest BCUT2D eigenvalue weighted by Crippen LogP contribution is -2.14. The van der Waals surface area contributed by atoms with Crippen molar-refractivity contribution in [2.75, 3.05) is 0 Å². The van der Waals surface area contributed by atoms with Gasteiger partial charge in [-0.15, -0.1) is 0 Å². The zero-order chi connectivity index (χ0) is 14.3. The number of aliphatic carboxylic acids is 1. The highest BCUT2D eigenvalue weighted by molar-refractivity contribution is 6.09. The number of benzene rings is 1. The number of aromatic nitrogens is 1. The van der Waals surface area contributed by atoms with Crippen LogP contribution in [0.4, 0.5) is 4.39 Å². The molecule has 2 unspecified atom stereocenters. The van der Waals surface area contributed by atoms with Gasteiger partial charge in [0.25, 0.3) is 0 Å². The molecule has 0 spiro atoms. The van der Waals surface area contributed by atoms with Crippen LogP contribution in [-0.2, 0) is 4.79 Å². The van der Waals surface area contributed by atoms with E-state index in [1.54, 1.807) is 12.3 Å². The molecule has 1 fully saturated rings. The summed E-state index contributed by atoms with van der Waals surface area (Å²) in [6.07, 6.45) is 3.07. The molecular formula is C15H14FNO3. The number of carboxylic acids is 1. The SMILES string of the molecule is O=C(O)C1CCC(C(=O)c2c[nH]c3ccc(F)cc23)C1. The number of H-pyrrole nitrogens is 1. The van der Waals surface area contributed by atoms with Crippen LogP contribution in [0.25, 0.3) is 10.9 Å². The highest BCUT2D eigenvalue weighted by atomic mass is 19.1. The number of hydrogen-bond acceptors (Lipinski definition) is 2. The van der Waals surface area contributed by atoms with Crippen molar-refractivity contribution in [3.63, 3.8) is 0 Å². The fraction of sp³-hybridized carbons (Fsp3) is 0.333. The fourth-order valence-electron chi connectivity index (χ4n) is 2.96. The number of carboxylic acid groups (broad SMARTS) is 1. The molecule has 0 radical (unpaired) electrons. The topological polar surface area (TPSA) is 70.2 Å². The number of halogens is 1. The van der Waals surface area contributed by atoms with Crippen molar-refractivity contribution in [1.82, 2.24) is 4.98 Å². The van der Waals surface area contributed by atoms with Crippen molar-refractivity contribution < 1.29 is 19.1 Å². The maximum Gasteiger partial charge on any atom is 0.306 e. The monoisotopic (exact) mass is 275 g/mol. The summed E-state index contributed by atoms with van der Waals surface area (Å²) in [7, 11) is 0. The average Bonchev–Trinajstić information content (AvgIpc) is 3.04. The Labute approximate surface area is 114 Å². The van der Waals surface area contributed by atoms with Gasteiger partial charge in [-0.2, -0.15) is 0 Å². The van der Waals surface area contributed by atoms with Crippen molar-refractivity contribution in [3.8, 4) is 0 Å². The van der Waals surface area contributed by atoms with Gasteiger partial charge in [0.1, 0.15) is 5.82 Å². The van der Waals surface area contributed by atoms with Crippen LogP contribution in [0.1, 0.15) is 29.6 Å². The summed E-state index contributed by atoms with van der Waals surface area (Å²) in [5.41, 5.74) is 1.16. The zero-order valence-electron chi connectivity index (χ0n) is 10.7. The number of carbonyl (C=O) groups excluding carboxylic acids is 1. The van der Waals surface area contributed by atoms with E-state index in [-0.39, 0.29) is 17.5 Å². The fourth-order valence-corrected chi connectivity index (χ4v) is 2.96. The summed E-state index contributed by atoms with van der Waals surface area (Å²) in [5, 5.41) is 9.55. The molecule has 2 N–H and O–H groups in total. The molecule has 20 heavy (non-hydrogen) atoms. The minimum Gasteiger partial charge on any atom is -0.481 e. The molecule has 1 heterocycles. The van der Waals surface area contributed by atoms with Crippen molar-refractivity contribution in [2.24, 2.45) is 11.8 Å². The quantitative estimate of drug-likeness (QED) is 0.846. The maximum absolute atomic E-state index is 13.3. The van der Waals surface area contributed by atoms with E-state index in [0.717, 1.165) is 0 Å². The van der Waals surface area contributed by atoms with Crippen LogP contribution in [0, 0.1) is 17.7 Å². The molecule has 104 valence electrons. The highest BCUT2D eigenvalue weighted by Crippen LogP contribution is 2.34. The standard InChI is InChI=1S/C15H14FNO3/c16-10-3-4-13-11(6-10)12(7-17-13)14(18)8-1-2-9(5-8)15(19)20/h3-4,6-9,17H,1-2,5H2,(H,19,20). The first kappa shape index (κ1) is 12.8. The molecule has 3 rings (SSSR count). The van der Waals surface area contributed by atoms with E-state index >= 15 is 0 Å². The predicted octanol–water partition coefficient (Wildman–Crippen LogP) is 2.99. The molecule has 1 aliphatic rings. The largest absolute Gasteiger partial charge is 0.481 e. The molecule has 5 heteroatoms. The van der Waals surface area contributed by atoms with Gasteiger partial charge in [-0.1, -0.05) is 0 Å². The molecule has 0 saturated heterocycles. The average molecular weight is 275 g/mol. The lowest BCUT2D eigenvalue weighted by atomic mass is 9.95. The number of nitrogens with one attached hydrogen (secondary N) is 1. The summed E-state index contributed by atoms with van der Waals surface area (Å²) in [6.45, 7) is 0. The second-order valence-electron chi connectivity index (χ2n) is 5.30. The van der Waals surface area contributed by atoms with Gasteiger partial charge in [0.2, 0.25) is 0 Å². The van der Waals surface area contributed by atoms with Crippen LogP contribution in [0.2, 0.25) is 0 Å². The first-order chi connectivity index (χ1) is 9.56. The third-order valence-electron chi connectivity index (χ3n) is 4.06. The van der Waals surface area contributed by atoms with Crippen LogP contribution in [-0.4, -0.2) is 21.8 Å². The normalized spacial score (nSPS) is 22.2. The molecule has 0 bridgehead atoms. The lowest BCUT2D eigenvalue weighted by molar-refractivity contribution is -0.141. The number of fused-ring (bicyclic) bond motifs is 1. The lowest BCUT2D eigenvalue weighted by Gasteiger charge is -2.07. The van der Waals surface area contributed by atoms with Crippen molar-refractivity contribution in [1.29, 1.82) is 0 Å². The van der Waals surface area contributed by atoms with Gasteiger partial charge < -0.3 is 10.1 Å². The van der Waals surface area contributed by atoms with E-state index in [9.17, 15) is 14.0 Å². The van der Waals surface area contributed by atoms with Crippen LogP contribution in [0.15, 0.2) is 24.4 Å². The number of Topliss-reactive ketones (excluding diaryl/α,β-unsaturated/α-hetero) is 1.